The summed E-state index contributed by atoms with van der Waals surface area (Å²) < 4.78 is 18.5. The van der Waals surface area contributed by atoms with E-state index in [1.165, 1.54) is 0 Å². The SMILES string of the molecule is COc1ccc(CNC(=O)COc2cc3sc(C)nc3c3sccc23)cc1OC. The molecule has 29 heavy (non-hydrogen) atoms. The number of amides is 1. The van der Waals surface area contributed by atoms with E-state index in [1.807, 2.05) is 42.6 Å². The highest BCUT2D eigenvalue weighted by atomic mass is 32.1. The van der Waals surface area contributed by atoms with Crippen LogP contribution in [-0.4, -0.2) is 31.7 Å². The zero-order chi connectivity index (χ0) is 20.4. The van der Waals surface area contributed by atoms with Crippen LogP contribution in [0.15, 0.2) is 35.7 Å². The fourth-order valence-electron chi connectivity index (χ4n) is 3.09. The van der Waals surface area contributed by atoms with E-state index in [2.05, 4.69) is 10.3 Å². The average Bonchev–Trinajstić information content (AvgIpc) is 3.36. The van der Waals surface area contributed by atoms with Gasteiger partial charge < -0.3 is 19.5 Å². The maximum absolute atomic E-state index is 12.3. The molecule has 2 aromatic carbocycles. The Morgan fingerprint density at radius 1 is 1.10 bits per heavy atom. The number of methoxy groups -OCH3 is 2. The van der Waals surface area contributed by atoms with E-state index in [-0.39, 0.29) is 12.5 Å². The van der Waals surface area contributed by atoms with Crippen molar-refractivity contribution < 1.29 is 19.0 Å². The number of hydrogen-bond donors (Lipinski definition) is 1. The van der Waals surface area contributed by atoms with Crippen molar-refractivity contribution >= 4 is 48.9 Å². The van der Waals surface area contributed by atoms with Crippen molar-refractivity contribution in [2.75, 3.05) is 20.8 Å². The zero-order valence-electron chi connectivity index (χ0n) is 16.3. The summed E-state index contributed by atoms with van der Waals surface area (Å²) in [6.45, 7) is 2.32. The van der Waals surface area contributed by atoms with Crippen molar-refractivity contribution in [1.82, 2.24) is 10.3 Å². The number of carbonyl (C=O) groups excluding carboxylic acids is 1. The normalized spacial score (nSPS) is 11.0. The topological polar surface area (TPSA) is 69.7 Å². The molecule has 4 aromatic rings. The molecule has 2 heterocycles. The molecule has 4 rings (SSSR count). The van der Waals surface area contributed by atoms with Crippen molar-refractivity contribution in [3.63, 3.8) is 0 Å². The standard InChI is InChI=1S/C21H20N2O4S2/c1-12-23-20-18(29-12)9-16(14-6-7-28-21(14)20)27-11-19(24)22-10-13-4-5-15(25-2)17(8-13)26-3/h4-9H,10-11H2,1-3H3,(H,22,24). The third kappa shape index (κ3) is 3.99. The van der Waals surface area contributed by atoms with Gasteiger partial charge in [0.05, 0.1) is 34.1 Å². The molecule has 8 heteroatoms. The van der Waals surface area contributed by atoms with E-state index >= 15 is 0 Å². The maximum atomic E-state index is 12.3. The number of ether oxygens (including phenoxy) is 3. The summed E-state index contributed by atoms with van der Waals surface area (Å²) in [5, 5.41) is 6.89. The van der Waals surface area contributed by atoms with Gasteiger partial charge in [0, 0.05) is 18.0 Å². The smallest absolute Gasteiger partial charge is 0.258 e. The van der Waals surface area contributed by atoms with Crippen molar-refractivity contribution in [3.05, 3.63) is 46.3 Å². The van der Waals surface area contributed by atoms with E-state index in [0.29, 0.717) is 23.8 Å². The molecule has 0 atom stereocenters. The van der Waals surface area contributed by atoms with Gasteiger partial charge in [-0.2, -0.15) is 0 Å². The maximum Gasteiger partial charge on any atom is 0.258 e. The lowest BCUT2D eigenvalue weighted by Crippen LogP contribution is -2.28. The van der Waals surface area contributed by atoms with Crippen molar-refractivity contribution in [2.45, 2.75) is 13.5 Å². The van der Waals surface area contributed by atoms with Gasteiger partial charge in [-0.25, -0.2) is 4.98 Å². The third-order valence-corrected chi connectivity index (χ3v) is 6.30. The van der Waals surface area contributed by atoms with E-state index in [1.54, 1.807) is 36.9 Å². The van der Waals surface area contributed by atoms with Gasteiger partial charge in [-0.3, -0.25) is 4.79 Å². The highest BCUT2D eigenvalue weighted by Crippen LogP contribution is 2.38. The summed E-state index contributed by atoms with van der Waals surface area (Å²) in [6.07, 6.45) is 0. The lowest BCUT2D eigenvalue weighted by Gasteiger charge is -2.11. The van der Waals surface area contributed by atoms with Gasteiger partial charge in [0.25, 0.3) is 5.91 Å². The number of benzene rings is 2. The summed E-state index contributed by atoms with van der Waals surface area (Å²) >= 11 is 3.26. The van der Waals surface area contributed by atoms with Crippen molar-refractivity contribution in [2.24, 2.45) is 0 Å². The second kappa shape index (κ2) is 8.26. The zero-order valence-corrected chi connectivity index (χ0v) is 17.9. The van der Waals surface area contributed by atoms with Crippen molar-refractivity contribution in [3.8, 4) is 17.2 Å². The van der Waals surface area contributed by atoms with Gasteiger partial charge in [0.1, 0.15) is 5.75 Å². The molecule has 1 amide bonds. The van der Waals surface area contributed by atoms with E-state index in [9.17, 15) is 4.79 Å². The van der Waals surface area contributed by atoms with Crippen LogP contribution >= 0.6 is 22.7 Å². The Hall–Kier alpha value is -2.84. The van der Waals surface area contributed by atoms with Crippen LogP contribution < -0.4 is 19.5 Å². The first kappa shape index (κ1) is 19.5. The van der Waals surface area contributed by atoms with Crippen LogP contribution in [0.2, 0.25) is 0 Å². The summed E-state index contributed by atoms with van der Waals surface area (Å²) in [6, 6.07) is 9.52. The molecule has 150 valence electrons. The minimum atomic E-state index is -0.191. The number of carbonyl (C=O) groups is 1. The number of nitrogens with zero attached hydrogens (tertiary/aromatic N) is 1. The van der Waals surface area contributed by atoms with Crippen LogP contribution in [-0.2, 0) is 11.3 Å². The Morgan fingerprint density at radius 3 is 2.72 bits per heavy atom. The fourth-order valence-corrected chi connectivity index (χ4v) is 4.92. The molecule has 0 saturated carbocycles. The third-order valence-electron chi connectivity index (χ3n) is 4.46. The first-order valence-electron chi connectivity index (χ1n) is 8.97. The molecule has 2 aromatic heterocycles. The largest absolute Gasteiger partial charge is 0.493 e. The Bertz CT molecular complexity index is 1180. The molecule has 0 aliphatic heterocycles. The van der Waals surface area contributed by atoms with E-state index < -0.39 is 0 Å². The minimum absolute atomic E-state index is 0.0540. The van der Waals surface area contributed by atoms with Gasteiger partial charge in [-0.05, 0) is 36.1 Å². The molecule has 0 saturated heterocycles. The monoisotopic (exact) mass is 428 g/mol. The minimum Gasteiger partial charge on any atom is -0.493 e. The van der Waals surface area contributed by atoms with Gasteiger partial charge in [0.2, 0.25) is 0 Å². The molecule has 0 bridgehead atoms. The number of thiazole rings is 1. The number of nitrogens with one attached hydrogen (secondary N) is 1. The molecule has 0 spiro atoms. The second-order valence-corrected chi connectivity index (χ2v) is 8.52. The number of hydrogen-bond acceptors (Lipinski definition) is 7. The van der Waals surface area contributed by atoms with Crippen LogP contribution in [0.25, 0.3) is 20.3 Å². The van der Waals surface area contributed by atoms with Crippen LogP contribution in [0.5, 0.6) is 17.2 Å². The number of thiophene rings is 1. The second-order valence-electron chi connectivity index (χ2n) is 6.37. The number of rotatable bonds is 7. The number of aromatic nitrogens is 1. The summed E-state index contributed by atoms with van der Waals surface area (Å²) in [7, 11) is 3.17. The van der Waals surface area contributed by atoms with E-state index in [0.717, 1.165) is 30.9 Å². The Morgan fingerprint density at radius 2 is 1.93 bits per heavy atom. The molecule has 0 radical (unpaired) electrons. The van der Waals surface area contributed by atoms with Gasteiger partial charge >= 0.3 is 0 Å². The quantitative estimate of drug-likeness (QED) is 0.468. The molecule has 0 aliphatic rings. The molecule has 6 nitrogen and oxygen atoms in total. The lowest BCUT2D eigenvalue weighted by atomic mass is 10.2. The fraction of sp³-hybridized carbons (Fsp3) is 0.238. The molecule has 0 fully saturated rings. The Labute approximate surface area is 176 Å². The van der Waals surface area contributed by atoms with Crippen LogP contribution in [0, 0.1) is 6.92 Å². The molecule has 0 aliphatic carbocycles. The van der Waals surface area contributed by atoms with Crippen LogP contribution in [0.3, 0.4) is 0 Å². The number of fused-ring (bicyclic) bond motifs is 3. The molecular formula is C21H20N2O4S2. The summed E-state index contributed by atoms with van der Waals surface area (Å²) in [5.41, 5.74) is 1.92. The van der Waals surface area contributed by atoms with E-state index in [4.69, 9.17) is 14.2 Å². The average molecular weight is 429 g/mol. The van der Waals surface area contributed by atoms with Gasteiger partial charge in [-0.15, -0.1) is 22.7 Å². The lowest BCUT2D eigenvalue weighted by molar-refractivity contribution is -0.123. The molecule has 1 N–H and O–H groups in total. The summed E-state index contributed by atoms with van der Waals surface area (Å²) in [4.78, 5) is 16.9. The first-order chi connectivity index (χ1) is 14.1. The number of aryl methyl sites for hydroxylation is 1. The predicted octanol–water partition coefficient (Wildman–Crippen LogP) is 4.53. The summed E-state index contributed by atoms with van der Waals surface area (Å²) in [5.74, 6) is 1.80. The van der Waals surface area contributed by atoms with Gasteiger partial charge in [0.15, 0.2) is 18.1 Å². The predicted molar refractivity (Wildman–Crippen MR) is 117 cm³/mol. The first-order valence-corrected chi connectivity index (χ1v) is 10.7. The Kier molecular flexibility index (Phi) is 5.55. The van der Waals surface area contributed by atoms with Gasteiger partial charge in [-0.1, -0.05) is 6.07 Å². The molecule has 0 unspecified atom stereocenters. The molecular weight excluding hydrogens is 408 g/mol. The van der Waals surface area contributed by atoms with Crippen molar-refractivity contribution in [1.29, 1.82) is 0 Å². The highest BCUT2D eigenvalue weighted by molar-refractivity contribution is 7.21. The van der Waals surface area contributed by atoms with Crippen LogP contribution in [0.4, 0.5) is 0 Å². The highest BCUT2D eigenvalue weighted by Gasteiger charge is 2.14. The van der Waals surface area contributed by atoms with Crippen LogP contribution in [0.1, 0.15) is 10.6 Å². The Balaban J connectivity index is 1.42.